The predicted molar refractivity (Wildman–Crippen MR) is 146 cm³/mol. The molecule has 0 unspecified atom stereocenters. The van der Waals surface area contributed by atoms with Crippen LogP contribution in [0.25, 0.3) is 10.8 Å². The number of nitrogens with zero attached hydrogens (tertiary/aromatic N) is 2. The summed E-state index contributed by atoms with van der Waals surface area (Å²) in [6, 6.07) is 18.5. The molecule has 7 heteroatoms. The van der Waals surface area contributed by atoms with E-state index in [0.717, 1.165) is 22.0 Å². The van der Waals surface area contributed by atoms with E-state index in [-0.39, 0.29) is 30.7 Å². The molecular formula is C30H35N3O4. The van der Waals surface area contributed by atoms with Gasteiger partial charge in [0.15, 0.2) is 0 Å². The summed E-state index contributed by atoms with van der Waals surface area (Å²) in [5.74, 6) is 0.311. The number of nitrogens with one attached hydrogen (secondary N) is 1. The zero-order valence-electron chi connectivity index (χ0n) is 22.2. The molecule has 3 aromatic rings. The van der Waals surface area contributed by atoms with Crippen LogP contribution >= 0.6 is 0 Å². The summed E-state index contributed by atoms with van der Waals surface area (Å²) in [6.45, 7) is 8.20. The maximum Gasteiger partial charge on any atom is 0.258 e. The number of hydrogen-bond acceptors (Lipinski definition) is 4. The third-order valence-corrected chi connectivity index (χ3v) is 6.57. The molecule has 0 radical (unpaired) electrons. The van der Waals surface area contributed by atoms with Gasteiger partial charge in [-0.15, -0.1) is 0 Å². The molecule has 3 amide bonds. The van der Waals surface area contributed by atoms with Crippen LogP contribution in [0.5, 0.6) is 5.75 Å². The fraction of sp³-hybridized carbons (Fsp3) is 0.367. The molecule has 1 atom stereocenters. The fourth-order valence-electron chi connectivity index (χ4n) is 4.76. The van der Waals surface area contributed by atoms with E-state index in [1.165, 1.54) is 0 Å². The number of anilines is 1. The number of carbonyl (C=O) groups is 3. The Morgan fingerprint density at radius 1 is 1.05 bits per heavy atom. The Bertz CT molecular complexity index is 1320. The fourth-order valence-corrected chi connectivity index (χ4v) is 4.76. The van der Waals surface area contributed by atoms with E-state index in [4.69, 9.17) is 4.74 Å². The largest absolute Gasteiger partial charge is 0.497 e. The lowest BCUT2D eigenvalue weighted by Gasteiger charge is -2.31. The maximum atomic E-state index is 13.5. The number of rotatable bonds is 9. The van der Waals surface area contributed by atoms with Crippen LogP contribution in [-0.2, 0) is 16.1 Å². The molecule has 3 aromatic carbocycles. The van der Waals surface area contributed by atoms with Gasteiger partial charge in [0.25, 0.3) is 5.91 Å². The van der Waals surface area contributed by atoms with Gasteiger partial charge in [0.05, 0.1) is 12.8 Å². The van der Waals surface area contributed by atoms with Crippen LogP contribution in [0.3, 0.4) is 0 Å². The third kappa shape index (κ3) is 5.77. The van der Waals surface area contributed by atoms with Crippen molar-refractivity contribution in [2.75, 3.05) is 18.6 Å². The van der Waals surface area contributed by atoms with E-state index in [9.17, 15) is 14.4 Å². The van der Waals surface area contributed by atoms with Crippen molar-refractivity contribution in [3.63, 3.8) is 0 Å². The topological polar surface area (TPSA) is 79.0 Å². The maximum absolute atomic E-state index is 13.5. The number of methoxy groups -OCH3 is 1. The first kappa shape index (κ1) is 26.2. The van der Waals surface area contributed by atoms with E-state index in [1.54, 1.807) is 23.8 Å². The summed E-state index contributed by atoms with van der Waals surface area (Å²) >= 11 is 0. The normalized spacial score (nSPS) is 13.5. The molecule has 0 bridgehead atoms. The van der Waals surface area contributed by atoms with Crippen LogP contribution in [-0.4, -0.2) is 47.9 Å². The first-order chi connectivity index (χ1) is 17.6. The van der Waals surface area contributed by atoms with Crippen molar-refractivity contribution in [3.8, 4) is 5.75 Å². The molecule has 0 spiro atoms. The van der Waals surface area contributed by atoms with E-state index < -0.39 is 11.6 Å². The minimum Gasteiger partial charge on any atom is -0.497 e. The van der Waals surface area contributed by atoms with E-state index in [2.05, 4.69) is 5.32 Å². The lowest BCUT2D eigenvalue weighted by molar-refractivity contribution is -0.141. The molecule has 1 N–H and O–H groups in total. The Hall–Kier alpha value is -3.87. The standard InChI is InChI=1S/C30H35N3O4/c1-20(28(35)31-30(2,3)4)33(19-21-10-6-13-23(18-21)37-5)26(34)16-9-17-32-25-15-8-12-22-11-7-14-24(27(22)25)29(32)36/h6-8,10-15,18,20H,9,16-17,19H2,1-5H3,(H,31,35)/t20-/m0/s1. The van der Waals surface area contributed by atoms with E-state index >= 15 is 0 Å². The van der Waals surface area contributed by atoms with Gasteiger partial charge in [-0.3, -0.25) is 14.4 Å². The van der Waals surface area contributed by atoms with Crippen molar-refractivity contribution in [2.24, 2.45) is 0 Å². The molecule has 0 saturated carbocycles. The molecule has 1 aliphatic heterocycles. The molecule has 4 rings (SSSR count). The van der Waals surface area contributed by atoms with Crippen LogP contribution in [0.1, 0.15) is 56.5 Å². The molecule has 1 heterocycles. The van der Waals surface area contributed by atoms with Crippen molar-refractivity contribution < 1.29 is 19.1 Å². The molecule has 0 aliphatic carbocycles. The number of amides is 3. The van der Waals surface area contributed by atoms with Gasteiger partial charge in [-0.25, -0.2) is 0 Å². The highest BCUT2D eigenvalue weighted by Gasteiger charge is 2.31. The Balaban J connectivity index is 1.48. The van der Waals surface area contributed by atoms with Crippen molar-refractivity contribution in [1.29, 1.82) is 0 Å². The van der Waals surface area contributed by atoms with Crippen molar-refractivity contribution in [2.45, 2.75) is 58.7 Å². The summed E-state index contributed by atoms with van der Waals surface area (Å²) in [5, 5.41) is 4.98. The lowest BCUT2D eigenvalue weighted by atomic mass is 10.1. The number of carbonyl (C=O) groups excluding carboxylic acids is 3. The molecular weight excluding hydrogens is 466 g/mol. The Labute approximate surface area is 218 Å². The summed E-state index contributed by atoms with van der Waals surface area (Å²) in [6.07, 6.45) is 0.699. The first-order valence-electron chi connectivity index (χ1n) is 12.7. The van der Waals surface area contributed by atoms with Crippen LogP contribution in [0.2, 0.25) is 0 Å². The van der Waals surface area contributed by atoms with Crippen LogP contribution in [0.4, 0.5) is 5.69 Å². The van der Waals surface area contributed by atoms with Gasteiger partial charge < -0.3 is 19.9 Å². The Kier molecular flexibility index (Phi) is 7.52. The minimum atomic E-state index is -0.663. The van der Waals surface area contributed by atoms with Crippen molar-refractivity contribution >= 4 is 34.2 Å². The number of ether oxygens (including phenoxy) is 1. The highest BCUT2D eigenvalue weighted by molar-refractivity contribution is 6.25. The molecule has 0 fully saturated rings. The average molecular weight is 502 g/mol. The molecule has 194 valence electrons. The second-order valence-corrected chi connectivity index (χ2v) is 10.5. The van der Waals surface area contributed by atoms with Crippen LogP contribution < -0.4 is 15.0 Å². The lowest BCUT2D eigenvalue weighted by Crippen LogP contribution is -2.52. The number of hydrogen-bond donors (Lipinski definition) is 1. The molecule has 1 aliphatic rings. The van der Waals surface area contributed by atoms with Crippen LogP contribution in [0, 0.1) is 0 Å². The van der Waals surface area contributed by atoms with Gasteiger partial charge in [0.2, 0.25) is 11.8 Å². The van der Waals surface area contributed by atoms with Gasteiger partial charge in [-0.1, -0.05) is 36.4 Å². The Morgan fingerprint density at radius 3 is 2.46 bits per heavy atom. The highest BCUT2D eigenvalue weighted by atomic mass is 16.5. The van der Waals surface area contributed by atoms with E-state index in [1.807, 2.05) is 81.4 Å². The molecule has 0 aromatic heterocycles. The quantitative estimate of drug-likeness (QED) is 0.451. The molecule has 37 heavy (non-hydrogen) atoms. The second kappa shape index (κ2) is 10.6. The van der Waals surface area contributed by atoms with Crippen molar-refractivity contribution in [1.82, 2.24) is 10.2 Å². The van der Waals surface area contributed by atoms with Gasteiger partial charge in [0, 0.05) is 36.0 Å². The molecule has 0 saturated heterocycles. The monoisotopic (exact) mass is 501 g/mol. The van der Waals surface area contributed by atoms with Crippen LogP contribution in [0.15, 0.2) is 60.7 Å². The summed E-state index contributed by atoms with van der Waals surface area (Å²) in [5.41, 5.74) is 2.05. The van der Waals surface area contributed by atoms with Crippen molar-refractivity contribution in [3.05, 3.63) is 71.8 Å². The number of benzene rings is 3. The summed E-state index contributed by atoms with van der Waals surface area (Å²) in [4.78, 5) is 42.9. The summed E-state index contributed by atoms with van der Waals surface area (Å²) < 4.78 is 5.33. The third-order valence-electron chi connectivity index (χ3n) is 6.57. The average Bonchev–Trinajstić information content (AvgIpc) is 3.14. The molecule has 7 nitrogen and oxygen atoms in total. The summed E-state index contributed by atoms with van der Waals surface area (Å²) in [7, 11) is 1.60. The van der Waals surface area contributed by atoms with Gasteiger partial charge in [-0.05, 0) is 69.3 Å². The van der Waals surface area contributed by atoms with Gasteiger partial charge in [-0.2, -0.15) is 0 Å². The Morgan fingerprint density at radius 2 is 1.76 bits per heavy atom. The highest BCUT2D eigenvalue weighted by Crippen LogP contribution is 2.37. The zero-order valence-corrected chi connectivity index (χ0v) is 22.2. The van der Waals surface area contributed by atoms with Gasteiger partial charge in [0.1, 0.15) is 11.8 Å². The zero-order chi connectivity index (χ0) is 26.7. The predicted octanol–water partition coefficient (Wildman–Crippen LogP) is 4.92. The van der Waals surface area contributed by atoms with Gasteiger partial charge >= 0.3 is 0 Å². The minimum absolute atomic E-state index is 0.0367. The second-order valence-electron chi connectivity index (χ2n) is 10.5. The first-order valence-corrected chi connectivity index (χ1v) is 12.7. The SMILES string of the molecule is COc1cccc(CN(C(=O)CCCN2C(=O)c3cccc4cccc2c34)[C@@H](C)C(=O)NC(C)(C)C)c1. The van der Waals surface area contributed by atoms with E-state index in [0.29, 0.717) is 24.3 Å². The smallest absolute Gasteiger partial charge is 0.258 e.